The Labute approximate surface area is 111 Å². The van der Waals surface area contributed by atoms with E-state index in [0.717, 1.165) is 23.0 Å². The van der Waals surface area contributed by atoms with Crippen LogP contribution in [0.25, 0.3) is 11.0 Å². The number of benzene rings is 1. The molecule has 18 heavy (non-hydrogen) atoms. The molecule has 0 aliphatic carbocycles. The van der Waals surface area contributed by atoms with E-state index < -0.39 is 6.10 Å². The third-order valence-corrected chi connectivity index (χ3v) is 3.07. The Bertz CT molecular complexity index is 559. The zero-order chi connectivity index (χ0) is 13.1. The van der Waals surface area contributed by atoms with E-state index in [2.05, 4.69) is 6.92 Å². The number of ether oxygens (including phenoxy) is 1. The van der Waals surface area contributed by atoms with Gasteiger partial charge >= 0.3 is 5.97 Å². The van der Waals surface area contributed by atoms with Crippen LogP contribution >= 0.6 is 11.6 Å². The van der Waals surface area contributed by atoms with E-state index in [1.54, 1.807) is 0 Å². The van der Waals surface area contributed by atoms with Crippen molar-refractivity contribution >= 4 is 28.5 Å². The number of rotatable bonds is 4. The first kappa shape index (κ1) is 13.0. The predicted molar refractivity (Wildman–Crippen MR) is 70.8 cm³/mol. The zero-order valence-corrected chi connectivity index (χ0v) is 11.2. The van der Waals surface area contributed by atoms with Crippen LogP contribution in [0.15, 0.2) is 28.7 Å². The van der Waals surface area contributed by atoms with Gasteiger partial charge in [0.05, 0.1) is 5.88 Å². The number of alkyl halides is 1. The number of halogens is 1. The lowest BCUT2D eigenvalue weighted by Crippen LogP contribution is -2.08. The fourth-order valence-electron chi connectivity index (χ4n) is 1.95. The molecule has 0 spiro atoms. The monoisotopic (exact) mass is 266 g/mol. The molecule has 0 N–H and O–H groups in total. The van der Waals surface area contributed by atoms with Gasteiger partial charge in [0.1, 0.15) is 11.3 Å². The number of aryl methyl sites for hydroxylation is 1. The standard InChI is InChI=1S/C14H15ClO3/c1-3-10-5-4-6-11-7-12(18-14(10)11)13(8-15)17-9(2)16/h4-7,13H,3,8H2,1-2H3. The highest BCUT2D eigenvalue weighted by Crippen LogP contribution is 2.29. The summed E-state index contributed by atoms with van der Waals surface area (Å²) in [4.78, 5) is 11.0. The maximum absolute atomic E-state index is 11.0. The third kappa shape index (κ3) is 2.51. The Hall–Kier alpha value is -1.48. The highest BCUT2D eigenvalue weighted by molar-refractivity contribution is 6.18. The van der Waals surface area contributed by atoms with E-state index in [1.807, 2.05) is 24.3 Å². The summed E-state index contributed by atoms with van der Waals surface area (Å²) in [6, 6.07) is 7.87. The third-order valence-electron chi connectivity index (χ3n) is 2.79. The van der Waals surface area contributed by atoms with Crippen LogP contribution in [0.1, 0.15) is 31.3 Å². The minimum absolute atomic E-state index is 0.181. The number of carbonyl (C=O) groups is 1. The summed E-state index contributed by atoms with van der Waals surface area (Å²) in [5.41, 5.74) is 1.98. The molecule has 1 atom stereocenters. The molecule has 2 rings (SSSR count). The van der Waals surface area contributed by atoms with Gasteiger partial charge in [-0.25, -0.2) is 0 Å². The van der Waals surface area contributed by atoms with Gasteiger partial charge in [-0.3, -0.25) is 4.79 Å². The van der Waals surface area contributed by atoms with Crippen molar-refractivity contribution in [3.05, 3.63) is 35.6 Å². The van der Waals surface area contributed by atoms with Crippen molar-refractivity contribution in [1.29, 1.82) is 0 Å². The molecule has 0 aliphatic heterocycles. The molecule has 0 saturated carbocycles. The van der Waals surface area contributed by atoms with Gasteiger partial charge in [0, 0.05) is 12.3 Å². The maximum Gasteiger partial charge on any atom is 0.303 e. The second kappa shape index (κ2) is 5.44. The van der Waals surface area contributed by atoms with Crippen molar-refractivity contribution in [2.45, 2.75) is 26.4 Å². The minimum atomic E-state index is -0.527. The summed E-state index contributed by atoms with van der Waals surface area (Å²) in [6.45, 7) is 3.43. The van der Waals surface area contributed by atoms with Gasteiger partial charge in [-0.15, -0.1) is 11.6 Å². The van der Waals surface area contributed by atoms with Gasteiger partial charge in [-0.2, -0.15) is 0 Å². The zero-order valence-electron chi connectivity index (χ0n) is 10.4. The molecule has 1 unspecified atom stereocenters. The largest absolute Gasteiger partial charge is 0.457 e. The van der Waals surface area contributed by atoms with E-state index in [-0.39, 0.29) is 11.8 Å². The van der Waals surface area contributed by atoms with Crippen LogP contribution in [-0.4, -0.2) is 11.8 Å². The molecule has 3 nitrogen and oxygen atoms in total. The number of fused-ring (bicyclic) bond motifs is 1. The molecule has 0 aliphatic rings. The van der Waals surface area contributed by atoms with Crippen LogP contribution in [0.2, 0.25) is 0 Å². The fraction of sp³-hybridized carbons (Fsp3) is 0.357. The molecule has 1 heterocycles. The summed E-state index contributed by atoms with van der Waals surface area (Å²) < 4.78 is 10.9. The van der Waals surface area contributed by atoms with Gasteiger partial charge in [-0.05, 0) is 18.1 Å². The van der Waals surface area contributed by atoms with Gasteiger partial charge < -0.3 is 9.15 Å². The SMILES string of the molecule is CCc1cccc2cc(C(CCl)OC(C)=O)oc12. The van der Waals surface area contributed by atoms with Gasteiger partial charge in [-0.1, -0.05) is 25.1 Å². The Morgan fingerprint density at radius 1 is 1.50 bits per heavy atom. The molecule has 0 saturated heterocycles. The Morgan fingerprint density at radius 3 is 2.89 bits per heavy atom. The van der Waals surface area contributed by atoms with E-state index >= 15 is 0 Å². The van der Waals surface area contributed by atoms with Crippen LogP contribution in [0.5, 0.6) is 0 Å². The topological polar surface area (TPSA) is 39.4 Å². The fourth-order valence-corrected chi connectivity index (χ4v) is 2.16. The molecule has 0 radical (unpaired) electrons. The highest BCUT2D eigenvalue weighted by atomic mass is 35.5. The smallest absolute Gasteiger partial charge is 0.303 e. The van der Waals surface area contributed by atoms with Crippen LogP contribution in [0.4, 0.5) is 0 Å². The van der Waals surface area contributed by atoms with Crippen molar-refractivity contribution < 1.29 is 13.9 Å². The van der Waals surface area contributed by atoms with Crippen molar-refractivity contribution in [2.24, 2.45) is 0 Å². The number of hydrogen-bond acceptors (Lipinski definition) is 3. The lowest BCUT2D eigenvalue weighted by atomic mass is 10.1. The van der Waals surface area contributed by atoms with Crippen LogP contribution in [0, 0.1) is 0 Å². The number of furan rings is 1. The normalized spacial score (nSPS) is 12.6. The molecule has 96 valence electrons. The molecule has 0 fully saturated rings. The van der Waals surface area contributed by atoms with E-state index in [4.69, 9.17) is 20.8 Å². The molecule has 1 aromatic carbocycles. The van der Waals surface area contributed by atoms with Crippen molar-refractivity contribution in [2.75, 3.05) is 5.88 Å². The lowest BCUT2D eigenvalue weighted by Gasteiger charge is -2.10. The molecule has 2 aromatic rings. The van der Waals surface area contributed by atoms with E-state index in [1.165, 1.54) is 6.92 Å². The summed E-state index contributed by atoms with van der Waals surface area (Å²) in [7, 11) is 0. The van der Waals surface area contributed by atoms with Crippen molar-refractivity contribution in [1.82, 2.24) is 0 Å². The van der Waals surface area contributed by atoms with Crippen LogP contribution in [0.3, 0.4) is 0 Å². The lowest BCUT2D eigenvalue weighted by molar-refractivity contribution is -0.146. The Morgan fingerprint density at radius 2 is 2.28 bits per heavy atom. The first-order valence-corrected chi connectivity index (χ1v) is 6.43. The van der Waals surface area contributed by atoms with Crippen molar-refractivity contribution in [3.63, 3.8) is 0 Å². The Balaban J connectivity index is 2.42. The summed E-state index contributed by atoms with van der Waals surface area (Å²) >= 11 is 5.81. The van der Waals surface area contributed by atoms with Gasteiger partial charge in [0.25, 0.3) is 0 Å². The number of para-hydroxylation sites is 1. The summed E-state index contributed by atoms with van der Waals surface area (Å²) in [5.74, 6) is 0.411. The minimum Gasteiger partial charge on any atom is -0.457 e. The van der Waals surface area contributed by atoms with Crippen LogP contribution in [-0.2, 0) is 16.0 Å². The van der Waals surface area contributed by atoms with Gasteiger partial charge in [0.15, 0.2) is 6.10 Å². The Kier molecular flexibility index (Phi) is 3.92. The van der Waals surface area contributed by atoms with E-state index in [0.29, 0.717) is 5.76 Å². The molecule has 0 amide bonds. The number of hydrogen-bond donors (Lipinski definition) is 0. The summed E-state index contributed by atoms with van der Waals surface area (Å²) in [6.07, 6.45) is 0.366. The summed E-state index contributed by atoms with van der Waals surface area (Å²) in [5, 5.41) is 1.01. The molecule has 4 heteroatoms. The quantitative estimate of drug-likeness (QED) is 0.623. The first-order valence-electron chi connectivity index (χ1n) is 5.90. The second-order valence-corrected chi connectivity index (χ2v) is 4.40. The first-order chi connectivity index (χ1) is 8.65. The maximum atomic E-state index is 11.0. The average molecular weight is 267 g/mol. The molecular weight excluding hydrogens is 252 g/mol. The predicted octanol–water partition coefficient (Wildman–Crippen LogP) is 3.84. The second-order valence-electron chi connectivity index (χ2n) is 4.09. The van der Waals surface area contributed by atoms with Gasteiger partial charge in [0.2, 0.25) is 0 Å². The molecular formula is C14H15ClO3. The number of esters is 1. The average Bonchev–Trinajstić information content (AvgIpc) is 2.78. The number of carbonyl (C=O) groups excluding carboxylic acids is 1. The van der Waals surface area contributed by atoms with E-state index in [9.17, 15) is 4.79 Å². The highest BCUT2D eigenvalue weighted by Gasteiger charge is 2.19. The molecule has 0 bridgehead atoms. The molecule has 1 aromatic heterocycles. The van der Waals surface area contributed by atoms with Crippen LogP contribution < -0.4 is 0 Å². The van der Waals surface area contributed by atoms with Crippen molar-refractivity contribution in [3.8, 4) is 0 Å².